The smallest absolute Gasteiger partial charge is 0.254 e. The van der Waals surface area contributed by atoms with Crippen molar-refractivity contribution in [1.29, 1.82) is 0 Å². The molecule has 0 aliphatic carbocycles. The Bertz CT molecular complexity index is 1160. The van der Waals surface area contributed by atoms with Gasteiger partial charge in [-0.15, -0.1) is 0 Å². The number of aryl methyl sites for hydroxylation is 2. The molecule has 1 aromatic heterocycles. The number of anilines is 1. The highest BCUT2D eigenvalue weighted by Crippen LogP contribution is 2.24. The van der Waals surface area contributed by atoms with Crippen LogP contribution < -0.4 is 10.1 Å². The van der Waals surface area contributed by atoms with Crippen molar-refractivity contribution in [3.8, 4) is 11.4 Å². The van der Waals surface area contributed by atoms with Gasteiger partial charge in [0, 0.05) is 23.5 Å². The molecular formula is C24H25FN4O3. The van der Waals surface area contributed by atoms with Crippen molar-refractivity contribution >= 4 is 17.5 Å². The van der Waals surface area contributed by atoms with E-state index in [-0.39, 0.29) is 23.1 Å². The Kier molecular flexibility index (Phi) is 5.94. The third-order valence-electron chi connectivity index (χ3n) is 5.61. The van der Waals surface area contributed by atoms with Crippen molar-refractivity contribution in [2.75, 3.05) is 19.0 Å². The van der Waals surface area contributed by atoms with Gasteiger partial charge in [-0.2, -0.15) is 5.10 Å². The van der Waals surface area contributed by atoms with Crippen LogP contribution in [-0.4, -0.2) is 46.2 Å². The Balaban J connectivity index is 1.51. The molecule has 166 valence electrons. The highest BCUT2D eigenvalue weighted by atomic mass is 19.1. The quantitative estimate of drug-likeness (QED) is 0.659. The lowest BCUT2D eigenvalue weighted by Gasteiger charge is -2.24. The number of hydrogen-bond donors (Lipinski definition) is 1. The lowest BCUT2D eigenvalue weighted by atomic mass is 10.1. The molecule has 1 atom stereocenters. The second-order valence-corrected chi connectivity index (χ2v) is 7.88. The molecule has 1 saturated heterocycles. The molecule has 3 aromatic rings. The normalized spacial score (nSPS) is 15.6. The highest BCUT2D eigenvalue weighted by molar-refractivity contribution is 6.01. The van der Waals surface area contributed by atoms with Gasteiger partial charge in [-0.05, 0) is 75.2 Å². The SMILES string of the molecule is COc1ccc(NC(=O)C2CCCN2C(=O)c2ccc(-n3nc(C)cc3C)c(F)c2)cc1. The summed E-state index contributed by atoms with van der Waals surface area (Å²) in [5, 5.41) is 7.15. The molecule has 1 aliphatic heterocycles. The van der Waals surface area contributed by atoms with Crippen LogP contribution in [0, 0.1) is 19.7 Å². The number of amides is 2. The first-order chi connectivity index (χ1) is 15.4. The van der Waals surface area contributed by atoms with E-state index in [0.29, 0.717) is 30.8 Å². The van der Waals surface area contributed by atoms with E-state index in [1.165, 1.54) is 15.6 Å². The number of benzene rings is 2. The minimum absolute atomic E-state index is 0.205. The van der Waals surface area contributed by atoms with E-state index < -0.39 is 11.9 Å². The summed E-state index contributed by atoms with van der Waals surface area (Å²) in [6, 6.07) is 12.6. The van der Waals surface area contributed by atoms with Crippen LogP contribution >= 0.6 is 0 Å². The number of carbonyl (C=O) groups is 2. The van der Waals surface area contributed by atoms with Crippen LogP contribution in [0.1, 0.15) is 34.6 Å². The number of ether oxygens (including phenoxy) is 1. The van der Waals surface area contributed by atoms with Crippen molar-refractivity contribution in [2.45, 2.75) is 32.7 Å². The topological polar surface area (TPSA) is 76.5 Å². The van der Waals surface area contributed by atoms with E-state index in [2.05, 4.69) is 10.4 Å². The van der Waals surface area contributed by atoms with Crippen LogP contribution in [-0.2, 0) is 4.79 Å². The molecule has 1 aliphatic rings. The lowest BCUT2D eigenvalue weighted by Crippen LogP contribution is -2.43. The molecule has 8 heteroatoms. The van der Waals surface area contributed by atoms with Crippen LogP contribution in [0.5, 0.6) is 5.75 Å². The number of rotatable bonds is 5. The Morgan fingerprint density at radius 2 is 1.88 bits per heavy atom. The molecule has 1 N–H and O–H groups in total. The Morgan fingerprint density at radius 1 is 1.12 bits per heavy atom. The minimum atomic E-state index is -0.608. The number of hydrogen-bond acceptors (Lipinski definition) is 4. The third kappa shape index (κ3) is 4.21. The molecule has 2 aromatic carbocycles. The fourth-order valence-electron chi connectivity index (χ4n) is 4.03. The van der Waals surface area contributed by atoms with Gasteiger partial charge in [0.2, 0.25) is 5.91 Å². The Hall–Kier alpha value is -3.68. The predicted molar refractivity (Wildman–Crippen MR) is 119 cm³/mol. The molecule has 4 rings (SSSR count). The van der Waals surface area contributed by atoms with E-state index in [1.807, 2.05) is 19.9 Å². The van der Waals surface area contributed by atoms with Gasteiger partial charge in [-0.3, -0.25) is 9.59 Å². The number of likely N-dealkylation sites (tertiary alicyclic amines) is 1. The van der Waals surface area contributed by atoms with Crippen molar-refractivity contribution in [3.63, 3.8) is 0 Å². The van der Waals surface area contributed by atoms with Crippen molar-refractivity contribution in [2.24, 2.45) is 0 Å². The molecule has 32 heavy (non-hydrogen) atoms. The maximum absolute atomic E-state index is 14.9. The van der Waals surface area contributed by atoms with Crippen LogP contribution in [0.3, 0.4) is 0 Å². The van der Waals surface area contributed by atoms with Gasteiger partial charge in [0.25, 0.3) is 5.91 Å². The zero-order valence-corrected chi connectivity index (χ0v) is 18.3. The van der Waals surface area contributed by atoms with Crippen LogP contribution in [0.4, 0.5) is 10.1 Å². The van der Waals surface area contributed by atoms with Crippen LogP contribution in [0.15, 0.2) is 48.5 Å². The summed E-state index contributed by atoms with van der Waals surface area (Å²) in [5.74, 6) is -0.482. The second-order valence-electron chi connectivity index (χ2n) is 7.88. The van der Waals surface area contributed by atoms with Crippen LogP contribution in [0.25, 0.3) is 5.69 Å². The van der Waals surface area contributed by atoms with E-state index in [1.54, 1.807) is 43.5 Å². The van der Waals surface area contributed by atoms with E-state index in [0.717, 1.165) is 11.4 Å². The van der Waals surface area contributed by atoms with Crippen molar-refractivity contribution in [3.05, 3.63) is 71.3 Å². The summed E-state index contributed by atoms with van der Waals surface area (Å²) in [4.78, 5) is 27.5. The molecule has 0 bridgehead atoms. The van der Waals surface area contributed by atoms with Crippen molar-refractivity contribution in [1.82, 2.24) is 14.7 Å². The van der Waals surface area contributed by atoms with Gasteiger partial charge < -0.3 is 15.0 Å². The Morgan fingerprint density at radius 3 is 2.50 bits per heavy atom. The first kappa shape index (κ1) is 21.5. The molecule has 2 heterocycles. The Labute approximate surface area is 185 Å². The molecule has 0 saturated carbocycles. The molecule has 2 amide bonds. The number of halogens is 1. The molecular weight excluding hydrogens is 411 g/mol. The first-order valence-electron chi connectivity index (χ1n) is 10.5. The van der Waals surface area contributed by atoms with Crippen molar-refractivity contribution < 1.29 is 18.7 Å². The number of nitrogens with zero attached hydrogens (tertiary/aromatic N) is 3. The average Bonchev–Trinajstić information content (AvgIpc) is 3.40. The largest absolute Gasteiger partial charge is 0.497 e. The molecule has 0 radical (unpaired) electrons. The number of aromatic nitrogens is 2. The fraction of sp³-hybridized carbons (Fsp3) is 0.292. The van der Waals surface area contributed by atoms with Gasteiger partial charge >= 0.3 is 0 Å². The fourth-order valence-corrected chi connectivity index (χ4v) is 4.03. The minimum Gasteiger partial charge on any atom is -0.497 e. The zero-order chi connectivity index (χ0) is 22.8. The predicted octanol–water partition coefficient (Wildman–Crippen LogP) is 3.88. The van der Waals surface area contributed by atoms with Crippen LogP contribution in [0.2, 0.25) is 0 Å². The lowest BCUT2D eigenvalue weighted by molar-refractivity contribution is -0.119. The summed E-state index contributed by atoms with van der Waals surface area (Å²) < 4.78 is 21.5. The van der Waals surface area contributed by atoms with Gasteiger partial charge in [-0.25, -0.2) is 9.07 Å². The molecule has 7 nitrogen and oxygen atoms in total. The number of nitrogens with one attached hydrogen (secondary N) is 1. The zero-order valence-electron chi connectivity index (χ0n) is 18.3. The third-order valence-corrected chi connectivity index (χ3v) is 5.61. The first-order valence-corrected chi connectivity index (χ1v) is 10.5. The number of methoxy groups -OCH3 is 1. The van der Waals surface area contributed by atoms with E-state index in [9.17, 15) is 14.0 Å². The second kappa shape index (κ2) is 8.82. The summed E-state index contributed by atoms with van der Waals surface area (Å²) in [6.45, 7) is 4.12. The van der Waals surface area contributed by atoms with Gasteiger partial charge in [0.1, 0.15) is 23.3 Å². The summed E-state index contributed by atoms with van der Waals surface area (Å²) in [6.07, 6.45) is 1.26. The number of carbonyl (C=O) groups excluding carboxylic acids is 2. The molecule has 1 fully saturated rings. The van der Waals surface area contributed by atoms with Gasteiger partial charge in [-0.1, -0.05) is 0 Å². The summed E-state index contributed by atoms with van der Waals surface area (Å²) >= 11 is 0. The average molecular weight is 436 g/mol. The van der Waals surface area contributed by atoms with Gasteiger partial charge in [0.15, 0.2) is 0 Å². The maximum atomic E-state index is 14.9. The highest BCUT2D eigenvalue weighted by Gasteiger charge is 2.35. The maximum Gasteiger partial charge on any atom is 0.254 e. The van der Waals surface area contributed by atoms with E-state index in [4.69, 9.17) is 4.74 Å². The summed E-state index contributed by atoms with van der Waals surface area (Å²) in [7, 11) is 1.57. The standard InChI is InChI=1S/C24H25FN4O3/c1-15-13-16(2)29(27-15)21-11-6-17(14-20(21)25)24(31)28-12-4-5-22(28)23(30)26-18-7-9-19(32-3)10-8-18/h6-11,13-14,22H,4-5,12H2,1-3H3,(H,26,30). The monoisotopic (exact) mass is 436 g/mol. The van der Waals surface area contributed by atoms with Gasteiger partial charge in [0.05, 0.1) is 12.8 Å². The van der Waals surface area contributed by atoms with E-state index >= 15 is 0 Å². The summed E-state index contributed by atoms with van der Waals surface area (Å²) in [5.41, 5.74) is 2.69. The molecule has 1 unspecified atom stereocenters. The molecule has 0 spiro atoms.